The predicted molar refractivity (Wildman–Crippen MR) is 78.3 cm³/mol. The number of anilines is 1. The third kappa shape index (κ3) is 5.01. The molecular weight excluding hydrogens is 240 g/mol. The number of carbonyl (C=O) groups is 1. The van der Waals surface area contributed by atoms with Gasteiger partial charge in [-0.2, -0.15) is 0 Å². The molecule has 0 atom stereocenters. The Balaban J connectivity index is 2.63. The zero-order chi connectivity index (χ0) is 14.1. The summed E-state index contributed by atoms with van der Waals surface area (Å²) in [5, 5.41) is 8.86. The fraction of sp³-hybridized carbons (Fsp3) is 0.533. The van der Waals surface area contributed by atoms with E-state index in [1.54, 1.807) is 4.90 Å². The normalized spacial score (nSPS) is 10.7. The average Bonchev–Trinajstić information content (AvgIpc) is 2.45. The van der Waals surface area contributed by atoms with E-state index in [2.05, 4.69) is 4.90 Å². The van der Waals surface area contributed by atoms with Crippen LogP contribution in [-0.4, -0.2) is 48.7 Å². The summed E-state index contributed by atoms with van der Waals surface area (Å²) in [6.45, 7) is 6.82. The van der Waals surface area contributed by atoms with Gasteiger partial charge in [-0.25, -0.2) is 0 Å². The van der Waals surface area contributed by atoms with Crippen LogP contribution in [0.1, 0.15) is 20.3 Å². The molecule has 1 N–H and O–H groups in total. The number of aliphatic hydroxyl groups is 1. The van der Waals surface area contributed by atoms with Gasteiger partial charge >= 0.3 is 0 Å². The highest BCUT2D eigenvalue weighted by Gasteiger charge is 2.16. The molecule has 4 nitrogen and oxygen atoms in total. The predicted octanol–water partition coefficient (Wildman–Crippen LogP) is 1.74. The lowest BCUT2D eigenvalue weighted by Gasteiger charge is -2.25. The van der Waals surface area contributed by atoms with Crippen molar-refractivity contribution in [3.05, 3.63) is 30.3 Å². The fourth-order valence-corrected chi connectivity index (χ4v) is 2.03. The Morgan fingerprint density at radius 3 is 2.37 bits per heavy atom. The zero-order valence-corrected chi connectivity index (χ0v) is 11.9. The highest BCUT2D eigenvalue weighted by atomic mass is 16.3. The molecule has 0 heterocycles. The third-order valence-corrected chi connectivity index (χ3v) is 3.12. The molecular formula is C15H24N2O2. The molecule has 0 saturated carbocycles. The number of rotatable bonds is 8. The molecule has 0 bridgehead atoms. The first-order valence-electron chi connectivity index (χ1n) is 6.91. The summed E-state index contributed by atoms with van der Waals surface area (Å²) in [6, 6.07) is 9.72. The van der Waals surface area contributed by atoms with Crippen LogP contribution in [0.3, 0.4) is 0 Å². The van der Waals surface area contributed by atoms with E-state index >= 15 is 0 Å². The second-order valence-corrected chi connectivity index (χ2v) is 4.42. The van der Waals surface area contributed by atoms with Crippen LogP contribution in [0.4, 0.5) is 5.69 Å². The standard InChI is InChI=1S/C15H24N2O2/c1-3-16(11-8-12-18)13-15(19)17(4-2)14-9-6-5-7-10-14/h5-7,9-10,18H,3-4,8,11-13H2,1-2H3. The van der Waals surface area contributed by atoms with Gasteiger partial charge in [0.2, 0.25) is 5.91 Å². The van der Waals surface area contributed by atoms with Crippen LogP contribution in [0.25, 0.3) is 0 Å². The van der Waals surface area contributed by atoms with Crippen LogP contribution in [0.2, 0.25) is 0 Å². The second-order valence-electron chi connectivity index (χ2n) is 4.42. The Hall–Kier alpha value is -1.39. The maximum Gasteiger partial charge on any atom is 0.241 e. The topological polar surface area (TPSA) is 43.8 Å². The number of para-hydroxylation sites is 1. The SMILES string of the molecule is CCN(CCCO)CC(=O)N(CC)c1ccccc1. The van der Waals surface area contributed by atoms with E-state index in [0.717, 1.165) is 18.8 Å². The van der Waals surface area contributed by atoms with Gasteiger partial charge in [0.15, 0.2) is 0 Å². The molecule has 1 aromatic rings. The van der Waals surface area contributed by atoms with Gasteiger partial charge in [0.1, 0.15) is 0 Å². The Bertz CT molecular complexity index is 368. The number of benzene rings is 1. The van der Waals surface area contributed by atoms with Gasteiger partial charge in [-0.15, -0.1) is 0 Å². The molecule has 0 spiro atoms. The van der Waals surface area contributed by atoms with Gasteiger partial charge in [0.05, 0.1) is 6.54 Å². The van der Waals surface area contributed by atoms with E-state index in [9.17, 15) is 4.79 Å². The summed E-state index contributed by atoms with van der Waals surface area (Å²) >= 11 is 0. The summed E-state index contributed by atoms with van der Waals surface area (Å²) < 4.78 is 0. The molecule has 1 rings (SSSR count). The molecule has 19 heavy (non-hydrogen) atoms. The quantitative estimate of drug-likeness (QED) is 0.778. The second kappa shape index (κ2) is 8.67. The van der Waals surface area contributed by atoms with E-state index in [1.807, 2.05) is 44.2 Å². The van der Waals surface area contributed by atoms with E-state index in [1.165, 1.54) is 0 Å². The Morgan fingerprint density at radius 2 is 1.84 bits per heavy atom. The Labute approximate surface area is 115 Å². The number of amides is 1. The third-order valence-electron chi connectivity index (χ3n) is 3.12. The first kappa shape index (κ1) is 15.7. The monoisotopic (exact) mass is 264 g/mol. The molecule has 4 heteroatoms. The van der Waals surface area contributed by atoms with E-state index < -0.39 is 0 Å². The summed E-state index contributed by atoms with van der Waals surface area (Å²) in [6.07, 6.45) is 0.707. The maximum absolute atomic E-state index is 12.3. The molecule has 0 unspecified atom stereocenters. The maximum atomic E-state index is 12.3. The van der Waals surface area contributed by atoms with Crippen molar-refractivity contribution in [3.8, 4) is 0 Å². The van der Waals surface area contributed by atoms with Gasteiger partial charge in [-0.1, -0.05) is 25.1 Å². The van der Waals surface area contributed by atoms with Crippen molar-refractivity contribution < 1.29 is 9.90 Å². The molecule has 0 fully saturated rings. The van der Waals surface area contributed by atoms with E-state index in [-0.39, 0.29) is 12.5 Å². The molecule has 0 radical (unpaired) electrons. The van der Waals surface area contributed by atoms with Gasteiger partial charge < -0.3 is 10.0 Å². The zero-order valence-electron chi connectivity index (χ0n) is 11.9. The fourth-order valence-electron chi connectivity index (χ4n) is 2.03. The number of carbonyl (C=O) groups excluding carboxylic acids is 1. The summed E-state index contributed by atoms with van der Waals surface area (Å²) in [5.41, 5.74) is 0.938. The molecule has 0 aromatic heterocycles. The first-order chi connectivity index (χ1) is 9.22. The molecule has 0 aliphatic rings. The van der Waals surface area contributed by atoms with Gasteiger partial charge in [0.25, 0.3) is 0 Å². The summed E-state index contributed by atoms with van der Waals surface area (Å²) in [5.74, 6) is 0.105. The van der Waals surface area contributed by atoms with Crippen molar-refractivity contribution in [2.45, 2.75) is 20.3 Å². The molecule has 0 saturated heterocycles. The lowest BCUT2D eigenvalue weighted by atomic mass is 10.2. The Kier molecular flexibility index (Phi) is 7.15. The minimum Gasteiger partial charge on any atom is -0.396 e. The van der Waals surface area contributed by atoms with Gasteiger partial charge in [-0.3, -0.25) is 9.69 Å². The van der Waals surface area contributed by atoms with Crippen molar-refractivity contribution >= 4 is 11.6 Å². The van der Waals surface area contributed by atoms with Crippen molar-refractivity contribution in [1.82, 2.24) is 4.90 Å². The number of nitrogens with zero attached hydrogens (tertiary/aromatic N) is 2. The highest BCUT2D eigenvalue weighted by molar-refractivity contribution is 5.94. The average molecular weight is 264 g/mol. The van der Waals surface area contributed by atoms with Crippen molar-refractivity contribution in [3.63, 3.8) is 0 Å². The van der Waals surface area contributed by atoms with Gasteiger partial charge in [-0.05, 0) is 32.0 Å². The lowest BCUT2D eigenvalue weighted by molar-refractivity contribution is -0.119. The molecule has 0 aliphatic heterocycles. The number of hydrogen-bond acceptors (Lipinski definition) is 3. The summed E-state index contributed by atoms with van der Waals surface area (Å²) in [7, 11) is 0. The van der Waals surface area contributed by atoms with Crippen molar-refractivity contribution in [2.24, 2.45) is 0 Å². The van der Waals surface area contributed by atoms with E-state index in [4.69, 9.17) is 5.11 Å². The van der Waals surface area contributed by atoms with Crippen LogP contribution in [0.5, 0.6) is 0 Å². The smallest absolute Gasteiger partial charge is 0.241 e. The number of aliphatic hydroxyl groups excluding tert-OH is 1. The minimum absolute atomic E-state index is 0.105. The minimum atomic E-state index is 0.105. The highest BCUT2D eigenvalue weighted by Crippen LogP contribution is 2.13. The van der Waals surface area contributed by atoms with Crippen LogP contribution in [-0.2, 0) is 4.79 Å². The van der Waals surface area contributed by atoms with Crippen molar-refractivity contribution in [2.75, 3.05) is 37.7 Å². The number of hydrogen-bond donors (Lipinski definition) is 1. The van der Waals surface area contributed by atoms with Crippen LogP contribution >= 0.6 is 0 Å². The van der Waals surface area contributed by atoms with Gasteiger partial charge in [0, 0.05) is 25.4 Å². The number of likely N-dealkylation sites (N-methyl/N-ethyl adjacent to an activating group) is 2. The molecule has 1 aromatic carbocycles. The van der Waals surface area contributed by atoms with Crippen LogP contribution in [0, 0.1) is 0 Å². The Morgan fingerprint density at radius 1 is 1.16 bits per heavy atom. The molecule has 0 aliphatic carbocycles. The first-order valence-corrected chi connectivity index (χ1v) is 6.91. The molecule has 106 valence electrons. The largest absolute Gasteiger partial charge is 0.396 e. The van der Waals surface area contributed by atoms with Crippen molar-refractivity contribution in [1.29, 1.82) is 0 Å². The lowest BCUT2D eigenvalue weighted by Crippen LogP contribution is -2.41. The van der Waals surface area contributed by atoms with Crippen LogP contribution < -0.4 is 4.90 Å². The van der Waals surface area contributed by atoms with Crippen LogP contribution in [0.15, 0.2) is 30.3 Å². The molecule has 1 amide bonds. The van der Waals surface area contributed by atoms with E-state index in [0.29, 0.717) is 19.5 Å². The summed E-state index contributed by atoms with van der Waals surface area (Å²) in [4.78, 5) is 16.2.